The summed E-state index contributed by atoms with van der Waals surface area (Å²) in [6.45, 7) is 2.53. The predicted octanol–water partition coefficient (Wildman–Crippen LogP) is 3.52. The van der Waals surface area contributed by atoms with E-state index in [1.54, 1.807) is 6.20 Å². The summed E-state index contributed by atoms with van der Waals surface area (Å²) in [4.78, 5) is 15.9. The zero-order valence-corrected chi connectivity index (χ0v) is 12.8. The van der Waals surface area contributed by atoms with Gasteiger partial charge in [0.25, 0.3) is 0 Å². The zero-order chi connectivity index (χ0) is 14.4. The molecule has 104 valence electrons. The van der Waals surface area contributed by atoms with Crippen molar-refractivity contribution in [3.63, 3.8) is 0 Å². The number of aromatic nitrogens is 1. The summed E-state index contributed by atoms with van der Waals surface area (Å²) in [6.07, 6.45) is 2.47. The van der Waals surface area contributed by atoms with Gasteiger partial charge in [0.15, 0.2) is 0 Å². The summed E-state index contributed by atoms with van der Waals surface area (Å²) in [5, 5.41) is 5.62. The van der Waals surface area contributed by atoms with Crippen LogP contribution in [0.2, 0.25) is 0 Å². The molecule has 0 aliphatic carbocycles. The highest BCUT2D eigenvalue weighted by Crippen LogP contribution is 2.19. The lowest BCUT2D eigenvalue weighted by Crippen LogP contribution is -2.30. The highest BCUT2D eigenvalue weighted by Gasteiger charge is 2.03. The third-order valence-electron chi connectivity index (χ3n) is 2.81. The molecule has 0 bridgehead atoms. The number of halogens is 1. The van der Waals surface area contributed by atoms with Crippen molar-refractivity contribution in [1.29, 1.82) is 0 Å². The predicted molar refractivity (Wildman–Crippen MR) is 83.8 cm³/mol. The Hall–Kier alpha value is -1.88. The molecule has 1 aromatic heterocycles. The molecule has 0 radical (unpaired) electrons. The Morgan fingerprint density at radius 2 is 2.15 bits per heavy atom. The number of anilines is 1. The fourth-order valence-electron chi connectivity index (χ4n) is 1.75. The van der Waals surface area contributed by atoms with Gasteiger partial charge in [-0.2, -0.15) is 0 Å². The van der Waals surface area contributed by atoms with E-state index in [9.17, 15) is 4.79 Å². The maximum absolute atomic E-state index is 11.7. The molecule has 2 rings (SSSR count). The Morgan fingerprint density at radius 1 is 1.30 bits per heavy atom. The van der Waals surface area contributed by atoms with Crippen LogP contribution in [0.5, 0.6) is 0 Å². The van der Waals surface area contributed by atoms with Crippen LogP contribution in [0.15, 0.2) is 47.1 Å². The number of hydrogen-bond donors (Lipinski definition) is 2. The van der Waals surface area contributed by atoms with Crippen LogP contribution < -0.4 is 10.6 Å². The molecule has 0 saturated heterocycles. The van der Waals surface area contributed by atoms with E-state index < -0.39 is 0 Å². The van der Waals surface area contributed by atoms with Crippen molar-refractivity contribution in [1.82, 2.24) is 10.3 Å². The number of carbonyl (C=O) groups is 1. The van der Waals surface area contributed by atoms with Crippen molar-refractivity contribution < 1.29 is 4.79 Å². The largest absolute Gasteiger partial charge is 0.337 e. The third kappa shape index (κ3) is 4.35. The summed E-state index contributed by atoms with van der Waals surface area (Å²) in [5.41, 5.74) is 2.82. The van der Waals surface area contributed by atoms with Gasteiger partial charge in [-0.15, -0.1) is 0 Å². The highest BCUT2D eigenvalue weighted by molar-refractivity contribution is 9.10. The second kappa shape index (κ2) is 7.05. The van der Waals surface area contributed by atoms with Crippen molar-refractivity contribution >= 4 is 27.6 Å². The summed E-state index contributed by atoms with van der Waals surface area (Å²) < 4.78 is 1.03. The molecule has 0 unspecified atom stereocenters. The summed E-state index contributed by atoms with van der Waals surface area (Å²) in [6, 6.07) is 11.2. The molecule has 0 fully saturated rings. The maximum atomic E-state index is 11.7. The van der Waals surface area contributed by atoms with Gasteiger partial charge >= 0.3 is 6.03 Å². The second-order valence-corrected chi connectivity index (χ2v) is 5.27. The lowest BCUT2D eigenvalue weighted by molar-refractivity contribution is 0.252. The van der Waals surface area contributed by atoms with Crippen LogP contribution in [0.4, 0.5) is 10.5 Å². The molecule has 4 nitrogen and oxygen atoms in total. The number of hydrogen-bond acceptors (Lipinski definition) is 2. The Balaban J connectivity index is 1.79. The first-order valence-electron chi connectivity index (χ1n) is 6.36. The number of nitrogens with zero attached hydrogens (tertiary/aromatic N) is 1. The van der Waals surface area contributed by atoms with E-state index in [1.807, 2.05) is 43.3 Å². The molecule has 5 heteroatoms. The molecular formula is C15H16BrN3O. The van der Waals surface area contributed by atoms with Crippen molar-refractivity contribution in [3.8, 4) is 0 Å². The molecular weight excluding hydrogens is 318 g/mol. The number of rotatable bonds is 4. The van der Waals surface area contributed by atoms with Crippen LogP contribution in [0, 0.1) is 6.92 Å². The minimum Gasteiger partial charge on any atom is -0.337 e. The molecule has 0 spiro atoms. The lowest BCUT2D eigenvalue weighted by atomic mass is 10.2. The number of carbonyl (C=O) groups excluding carboxylic acids is 1. The van der Waals surface area contributed by atoms with Crippen molar-refractivity contribution in [2.24, 2.45) is 0 Å². The third-order valence-corrected chi connectivity index (χ3v) is 3.70. The zero-order valence-electron chi connectivity index (χ0n) is 11.2. The number of pyridine rings is 1. The van der Waals surface area contributed by atoms with E-state index in [-0.39, 0.29) is 6.03 Å². The number of aryl methyl sites for hydroxylation is 1. The molecule has 20 heavy (non-hydrogen) atoms. The minimum atomic E-state index is -0.206. The minimum absolute atomic E-state index is 0.206. The number of benzene rings is 1. The average Bonchev–Trinajstić information content (AvgIpc) is 2.44. The normalized spacial score (nSPS) is 10.1. The van der Waals surface area contributed by atoms with Crippen LogP contribution in [0.3, 0.4) is 0 Å². The van der Waals surface area contributed by atoms with Gasteiger partial charge < -0.3 is 10.6 Å². The second-order valence-electron chi connectivity index (χ2n) is 4.42. The first-order chi connectivity index (χ1) is 9.65. The number of nitrogens with one attached hydrogen (secondary N) is 2. The van der Waals surface area contributed by atoms with Crippen molar-refractivity contribution in [2.45, 2.75) is 13.3 Å². The standard InChI is InChI=1S/C15H16BrN3O/c1-11-10-13(5-6-14(11)16)19-15(20)18-9-7-12-4-2-3-8-17-12/h2-6,8,10H,7,9H2,1H3,(H2,18,19,20). The smallest absolute Gasteiger partial charge is 0.319 e. The lowest BCUT2D eigenvalue weighted by Gasteiger charge is -2.08. The first-order valence-corrected chi connectivity index (χ1v) is 7.15. The summed E-state index contributed by atoms with van der Waals surface area (Å²) in [5.74, 6) is 0. The van der Waals surface area contributed by atoms with E-state index in [4.69, 9.17) is 0 Å². The fraction of sp³-hybridized carbons (Fsp3) is 0.200. The Kier molecular flexibility index (Phi) is 5.12. The van der Waals surface area contributed by atoms with E-state index >= 15 is 0 Å². The first kappa shape index (κ1) is 14.5. The summed E-state index contributed by atoms with van der Waals surface area (Å²) >= 11 is 3.43. The molecule has 2 aromatic rings. The van der Waals surface area contributed by atoms with Gasteiger partial charge in [-0.25, -0.2) is 4.79 Å². The van der Waals surface area contributed by atoms with Gasteiger partial charge in [0, 0.05) is 35.0 Å². The van der Waals surface area contributed by atoms with E-state index in [0.29, 0.717) is 13.0 Å². The van der Waals surface area contributed by atoms with E-state index in [2.05, 4.69) is 31.5 Å². The molecule has 0 aliphatic rings. The van der Waals surface area contributed by atoms with Gasteiger partial charge in [0.2, 0.25) is 0 Å². The summed E-state index contributed by atoms with van der Waals surface area (Å²) in [7, 11) is 0. The van der Waals surface area contributed by atoms with Crippen LogP contribution >= 0.6 is 15.9 Å². The number of urea groups is 1. The van der Waals surface area contributed by atoms with E-state index in [0.717, 1.165) is 21.4 Å². The van der Waals surface area contributed by atoms with Gasteiger partial charge in [0.1, 0.15) is 0 Å². The van der Waals surface area contributed by atoms with Crippen LogP contribution in [0.25, 0.3) is 0 Å². The number of amides is 2. The van der Waals surface area contributed by atoms with Crippen LogP contribution in [-0.2, 0) is 6.42 Å². The Morgan fingerprint density at radius 3 is 2.85 bits per heavy atom. The monoisotopic (exact) mass is 333 g/mol. The quantitative estimate of drug-likeness (QED) is 0.899. The molecule has 0 saturated carbocycles. The van der Waals surface area contributed by atoms with Crippen LogP contribution in [0.1, 0.15) is 11.3 Å². The van der Waals surface area contributed by atoms with Crippen molar-refractivity contribution in [2.75, 3.05) is 11.9 Å². The van der Waals surface area contributed by atoms with Gasteiger partial charge in [0.05, 0.1) is 0 Å². The Bertz CT molecular complexity index is 587. The van der Waals surface area contributed by atoms with Gasteiger partial charge in [-0.05, 0) is 42.8 Å². The SMILES string of the molecule is Cc1cc(NC(=O)NCCc2ccccn2)ccc1Br. The molecule has 1 aromatic carbocycles. The van der Waals surface area contributed by atoms with Crippen molar-refractivity contribution in [3.05, 3.63) is 58.3 Å². The molecule has 2 amide bonds. The molecule has 0 atom stereocenters. The molecule has 0 aliphatic heterocycles. The van der Waals surface area contributed by atoms with E-state index in [1.165, 1.54) is 0 Å². The van der Waals surface area contributed by atoms with Gasteiger partial charge in [-0.1, -0.05) is 22.0 Å². The van der Waals surface area contributed by atoms with Gasteiger partial charge in [-0.3, -0.25) is 4.98 Å². The molecule has 2 N–H and O–H groups in total. The van der Waals surface area contributed by atoms with Crippen LogP contribution in [-0.4, -0.2) is 17.6 Å². The average molecular weight is 334 g/mol. The maximum Gasteiger partial charge on any atom is 0.319 e. The highest BCUT2D eigenvalue weighted by atomic mass is 79.9. The Labute approximate surface area is 126 Å². The topological polar surface area (TPSA) is 54.0 Å². The molecule has 1 heterocycles. The fourth-order valence-corrected chi connectivity index (χ4v) is 1.99.